The second kappa shape index (κ2) is 3.91. The van der Waals surface area contributed by atoms with E-state index in [0.717, 1.165) is 17.9 Å². The van der Waals surface area contributed by atoms with Crippen LogP contribution in [0.2, 0.25) is 0 Å². The number of nitrogens with one attached hydrogen (secondary N) is 1. The quantitative estimate of drug-likeness (QED) is 0.728. The normalized spacial score (nSPS) is 22.9. The van der Waals surface area contributed by atoms with Gasteiger partial charge < -0.3 is 5.32 Å². The SMILES string of the molecule is c1csc(CCNCC2(C3CC3)CC2)c1. The predicted octanol–water partition coefficient (Wildman–Crippen LogP) is 3.07. The molecule has 0 aliphatic heterocycles. The van der Waals surface area contributed by atoms with Crippen LogP contribution in [0, 0.1) is 11.3 Å². The van der Waals surface area contributed by atoms with E-state index in [9.17, 15) is 0 Å². The monoisotopic (exact) mass is 221 g/mol. The highest BCUT2D eigenvalue weighted by Crippen LogP contribution is 2.60. The summed E-state index contributed by atoms with van der Waals surface area (Å²) in [7, 11) is 0. The zero-order chi connectivity index (χ0) is 10.1. The average molecular weight is 221 g/mol. The van der Waals surface area contributed by atoms with Crippen molar-refractivity contribution in [2.24, 2.45) is 11.3 Å². The molecule has 82 valence electrons. The first-order valence-corrected chi connectivity index (χ1v) is 7.00. The lowest BCUT2D eigenvalue weighted by Crippen LogP contribution is -2.27. The first-order valence-electron chi connectivity index (χ1n) is 6.12. The van der Waals surface area contributed by atoms with Crippen LogP contribution in [0.25, 0.3) is 0 Å². The molecule has 1 aromatic heterocycles. The predicted molar refractivity (Wildman–Crippen MR) is 65.3 cm³/mol. The fraction of sp³-hybridized carbons (Fsp3) is 0.692. The molecular formula is C13H19NS. The Kier molecular flexibility index (Phi) is 2.57. The van der Waals surface area contributed by atoms with Gasteiger partial charge in [-0.2, -0.15) is 0 Å². The van der Waals surface area contributed by atoms with Crippen LogP contribution in [0.5, 0.6) is 0 Å². The van der Waals surface area contributed by atoms with Crippen molar-refractivity contribution in [3.8, 4) is 0 Å². The first kappa shape index (κ1) is 9.86. The lowest BCUT2D eigenvalue weighted by atomic mass is 10.0. The molecule has 0 unspecified atom stereocenters. The summed E-state index contributed by atoms with van der Waals surface area (Å²) in [5.41, 5.74) is 0.759. The van der Waals surface area contributed by atoms with Gasteiger partial charge in [0.2, 0.25) is 0 Å². The van der Waals surface area contributed by atoms with Crippen molar-refractivity contribution in [1.82, 2.24) is 5.32 Å². The number of hydrogen-bond acceptors (Lipinski definition) is 2. The van der Waals surface area contributed by atoms with Crippen LogP contribution in [0.1, 0.15) is 30.6 Å². The van der Waals surface area contributed by atoms with Gasteiger partial charge in [-0.25, -0.2) is 0 Å². The summed E-state index contributed by atoms with van der Waals surface area (Å²) in [6.45, 7) is 2.44. The van der Waals surface area contributed by atoms with Gasteiger partial charge >= 0.3 is 0 Å². The maximum Gasteiger partial charge on any atom is 0.00578 e. The Balaban J connectivity index is 1.37. The summed E-state index contributed by atoms with van der Waals surface area (Å²) >= 11 is 1.88. The minimum Gasteiger partial charge on any atom is -0.316 e. The van der Waals surface area contributed by atoms with Crippen LogP contribution in [-0.4, -0.2) is 13.1 Å². The maximum atomic E-state index is 3.65. The molecule has 2 aliphatic rings. The Bertz CT molecular complexity index is 309. The van der Waals surface area contributed by atoms with Gasteiger partial charge in [0.1, 0.15) is 0 Å². The van der Waals surface area contributed by atoms with Gasteiger partial charge in [0, 0.05) is 11.4 Å². The summed E-state index contributed by atoms with van der Waals surface area (Å²) in [5, 5.41) is 5.82. The molecule has 0 atom stereocenters. The van der Waals surface area contributed by atoms with Gasteiger partial charge in [0.05, 0.1) is 0 Å². The van der Waals surface area contributed by atoms with Gasteiger partial charge in [0.25, 0.3) is 0 Å². The summed E-state index contributed by atoms with van der Waals surface area (Å²) in [6, 6.07) is 4.38. The fourth-order valence-corrected chi connectivity index (χ4v) is 3.30. The van der Waals surface area contributed by atoms with Crippen molar-refractivity contribution < 1.29 is 0 Å². The lowest BCUT2D eigenvalue weighted by Gasteiger charge is -2.14. The smallest absolute Gasteiger partial charge is 0.00578 e. The van der Waals surface area contributed by atoms with Gasteiger partial charge in [-0.3, -0.25) is 0 Å². The Labute approximate surface area is 95.9 Å². The Hall–Kier alpha value is -0.340. The second-order valence-electron chi connectivity index (χ2n) is 5.14. The second-order valence-corrected chi connectivity index (χ2v) is 6.18. The fourth-order valence-electron chi connectivity index (χ4n) is 2.59. The van der Waals surface area contributed by atoms with Crippen LogP contribution in [0.4, 0.5) is 0 Å². The van der Waals surface area contributed by atoms with E-state index in [2.05, 4.69) is 22.8 Å². The highest BCUT2D eigenvalue weighted by Gasteiger charge is 2.52. The highest BCUT2D eigenvalue weighted by atomic mass is 32.1. The Morgan fingerprint density at radius 3 is 2.87 bits per heavy atom. The molecule has 1 aromatic rings. The van der Waals surface area contributed by atoms with E-state index in [4.69, 9.17) is 0 Å². The van der Waals surface area contributed by atoms with E-state index in [1.54, 1.807) is 0 Å². The molecule has 3 rings (SSSR count). The lowest BCUT2D eigenvalue weighted by molar-refractivity contribution is 0.406. The van der Waals surface area contributed by atoms with Crippen LogP contribution in [0.3, 0.4) is 0 Å². The van der Waals surface area contributed by atoms with Crippen LogP contribution >= 0.6 is 11.3 Å². The zero-order valence-electron chi connectivity index (χ0n) is 9.17. The van der Waals surface area contributed by atoms with E-state index >= 15 is 0 Å². The molecule has 0 spiro atoms. The number of rotatable bonds is 6. The van der Waals surface area contributed by atoms with Crippen molar-refractivity contribution in [3.63, 3.8) is 0 Å². The largest absolute Gasteiger partial charge is 0.316 e. The van der Waals surface area contributed by atoms with E-state index in [1.807, 2.05) is 11.3 Å². The molecule has 2 fully saturated rings. The highest BCUT2D eigenvalue weighted by molar-refractivity contribution is 7.09. The molecule has 15 heavy (non-hydrogen) atoms. The summed E-state index contributed by atoms with van der Waals surface area (Å²) in [5.74, 6) is 1.09. The van der Waals surface area contributed by atoms with E-state index in [0.29, 0.717) is 0 Å². The first-order chi connectivity index (χ1) is 7.39. The van der Waals surface area contributed by atoms with Gasteiger partial charge in [0.15, 0.2) is 0 Å². The zero-order valence-corrected chi connectivity index (χ0v) is 9.98. The van der Waals surface area contributed by atoms with Crippen molar-refractivity contribution in [3.05, 3.63) is 22.4 Å². The minimum absolute atomic E-state index is 0.759. The van der Waals surface area contributed by atoms with Crippen molar-refractivity contribution in [2.75, 3.05) is 13.1 Å². The minimum atomic E-state index is 0.759. The van der Waals surface area contributed by atoms with Crippen LogP contribution in [-0.2, 0) is 6.42 Å². The van der Waals surface area contributed by atoms with E-state index in [-0.39, 0.29) is 0 Å². The molecule has 1 heterocycles. The van der Waals surface area contributed by atoms with Gasteiger partial charge in [-0.15, -0.1) is 11.3 Å². The van der Waals surface area contributed by atoms with Crippen molar-refractivity contribution >= 4 is 11.3 Å². The topological polar surface area (TPSA) is 12.0 Å². The molecule has 2 heteroatoms. The Morgan fingerprint density at radius 1 is 1.40 bits per heavy atom. The summed E-state index contributed by atoms with van der Waals surface area (Å²) in [6.07, 6.45) is 7.20. The van der Waals surface area contributed by atoms with E-state index in [1.165, 1.54) is 43.5 Å². The number of hydrogen-bond donors (Lipinski definition) is 1. The molecule has 0 aromatic carbocycles. The van der Waals surface area contributed by atoms with Crippen LogP contribution < -0.4 is 5.32 Å². The third-order valence-corrected chi connectivity index (χ3v) is 4.88. The molecular weight excluding hydrogens is 202 g/mol. The molecule has 0 saturated heterocycles. The number of thiophene rings is 1. The summed E-state index contributed by atoms with van der Waals surface area (Å²) in [4.78, 5) is 1.51. The molecule has 2 aliphatic carbocycles. The molecule has 2 saturated carbocycles. The van der Waals surface area contributed by atoms with Crippen molar-refractivity contribution in [1.29, 1.82) is 0 Å². The van der Waals surface area contributed by atoms with Gasteiger partial charge in [-0.05, 0) is 61.4 Å². The standard InChI is InChI=1S/C13H19NS/c1-2-12(15-9-1)5-8-14-10-13(6-7-13)11-3-4-11/h1-2,9,11,14H,3-8,10H2. The molecule has 0 radical (unpaired) electrons. The third kappa shape index (κ3) is 2.26. The Morgan fingerprint density at radius 2 is 2.27 bits per heavy atom. The summed E-state index contributed by atoms with van der Waals surface area (Å²) < 4.78 is 0. The average Bonchev–Trinajstić information content (AvgIpc) is 3.13. The molecule has 1 N–H and O–H groups in total. The van der Waals surface area contributed by atoms with E-state index < -0.39 is 0 Å². The third-order valence-electron chi connectivity index (χ3n) is 3.94. The maximum absolute atomic E-state index is 3.65. The molecule has 0 bridgehead atoms. The molecule has 0 amide bonds. The van der Waals surface area contributed by atoms with Crippen LogP contribution in [0.15, 0.2) is 17.5 Å². The molecule has 1 nitrogen and oxygen atoms in total. The van der Waals surface area contributed by atoms with Gasteiger partial charge in [-0.1, -0.05) is 6.07 Å². The van der Waals surface area contributed by atoms with Crippen molar-refractivity contribution in [2.45, 2.75) is 32.1 Å².